The minimum atomic E-state index is -0.412. The van der Waals surface area contributed by atoms with Crippen molar-refractivity contribution < 1.29 is 9.72 Å². The number of fused-ring (bicyclic) bond motifs is 1. The van der Waals surface area contributed by atoms with Gasteiger partial charge in [-0.1, -0.05) is 41.4 Å². The van der Waals surface area contributed by atoms with Crippen LogP contribution >= 0.6 is 23.2 Å². The lowest BCUT2D eigenvalue weighted by Crippen LogP contribution is -2.29. The lowest BCUT2D eigenvalue weighted by atomic mass is 10.0. The monoisotopic (exact) mass is 364 g/mol. The third-order valence-electron chi connectivity index (χ3n) is 4.34. The van der Waals surface area contributed by atoms with Crippen LogP contribution in [0.15, 0.2) is 36.4 Å². The molecule has 0 bridgehead atoms. The summed E-state index contributed by atoms with van der Waals surface area (Å²) < 4.78 is 0. The number of halogens is 2. The Morgan fingerprint density at radius 3 is 2.50 bits per heavy atom. The van der Waals surface area contributed by atoms with Crippen molar-refractivity contribution in [3.63, 3.8) is 0 Å². The number of nitro groups is 1. The topological polar surface area (TPSA) is 63.5 Å². The Bertz CT molecular complexity index is 818. The number of amides is 1. The van der Waals surface area contributed by atoms with Crippen LogP contribution in [-0.4, -0.2) is 15.7 Å². The molecule has 1 heterocycles. The normalized spacial score (nSPS) is 16.1. The highest BCUT2D eigenvalue weighted by Crippen LogP contribution is 2.39. The highest BCUT2D eigenvalue weighted by atomic mass is 35.5. The molecule has 2 aromatic rings. The van der Waals surface area contributed by atoms with Crippen molar-refractivity contribution in [1.82, 2.24) is 4.90 Å². The quantitative estimate of drug-likeness (QED) is 0.592. The number of carbonyl (C=O) groups is 1. The van der Waals surface area contributed by atoms with Crippen LogP contribution in [0.4, 0.5) is 5.69 Å². The molecule has 3 rings (SSSR count). The molecule has 0 aromatic heterocycles. The second kappa shape index (κ2) is 6.42. The number of carbonyl (C=O) groups excluding carboxylic acids is 1. The molecule has 24 heavy (non-hydrogen) atoms. The number of nitro benzene ring substituents is 1. The summed E-state index contributed by atoms with van der Waals surface area (Å²) >= 11 is 12.3. The lowest BCUT2D eigenvalue weighted by Gasteiger charge is -2.22. The highest BCUT2D eigenvalue weighted by Gasteiger charge is 2.35. The molecule has 0 fully saturated rings. The van der Waals surface area contributed by atoms with Crippen molar-refractivity contribution in [2.45, 2.75) is 25.9 Å². The van der Waals surface area contributed by atoms with E-state index in [0.29, 0.717) is 21.2 Å². The average Bonchev–Trinajstić information content (AvgIpc) is 2.88. The van der Waals surface area contributed by atoms with E-state index in [1.54, 1.807) is 29.2 Å². The third kappa shape index (κ3) is 2.85. The van der Waals surface area contributed by atoms with E-state index in [9.17, 15) is 14.9 Å². The number of hydrogen-bond donors (Lipinski definition) is 0. The van der Waals surface area contributed by atoms with Gasteiger partial charge < -0.3 is 4.90 Å². The molecule has 1 aliphatic heterocycles. The molecule has 0 N–H and O–H groups in total. The van der Waals surface area contributed by atoms with Crippen molar-refractivity contribution in [3.05, 3.63) is 73.2 Å². The molecule has 1 unspecified atom stereocenters. The van der Waals surface area contributed by atoms with Gasteiger partial charge in [-0.15, -0.1) is 0 Å². The number of benzene rings is 2. The van der Waals surface area contributed by atoms with Crippen molar-refractivity contribution in [1.29, 1.82) is 0 Å². The van der Waals surface area contributed by atoms with Crippen LogP contribution in [0, 0.1) is 10.1 Å². The van der Waals surface area contributed by atoms with Gasteiger partial charge in [0, 0.05) is 16.1 Å². The summed E-state index contributed by atoms with van der Waals surface area (Å²) in [6.45, 7) is 2.08. The van der Waals surface area contributed by atoms with Gasteiger partial charge >= 0.3 is 0 Å². The zero-order chi connectivity index (χ0) is 17.4. The third-order valence-corrected chi connectivity index (χ3v) is 5.05. The molecule has 1 amide bonds. The van der Waals surface area contributed by atoms with E-state index in [0.717, 1.165) is 5.56 Å². The van der Waals surface area contributed by atoms with E-state index in [4.69, 9.17) is 23.2 Å². The molecular formula is C17H14Cl2N2O3. The Morgan fingerprint density at radius 2 is 1.88 bits per heavy atom. The number of rotatable bonds is 3. The summed E-state index contributed by atoms with van der Waals surface area (Å²) in [4.78, 5) is 25.1. The smallest absolute Gasteiger partial charge is 0.274 e. The molecule has 1 atom stereocenters. The molecule has 124 valence electrons. The minimum absolute atomic E-state index is 0.0467. The first-order valence-electron chi connectivity index (χ1n) is 7.38. The first-order valence-corrected chi connectivity index (χ1v) is 8.14. The predicted octanol–water partition coefficient (Wildman–Crippen LogP) is 4.55. The van der Waals surface area contributed by atoms with Gasteiger partial charge in [0.15, 0.2) is 0 Å². The van der Waals surface area contributed by atoms with Gasteiger partial charge in [0.25, 0.3) is 5.69 Å². The molecule has 0 spiro atoms. The van der Waals surface area contributed by atoms with Crippen LogP contribution in [0.1, 0.15) is 29.7 Å². The predicted molar refractivity (Wildman–Crippen MR) is 92.2 cm³/mol. The Labute approximate surface area is 148 Å². The van der Waals surface area contributed by atoms with Gasteiger partial charge in [-0.05, 0) is 30.2 Å². The Balaban J connectivity index is 1.88. The minimum Gasteiger partial charge on any atom is -0.331 e. The zero-order valence-corrected chi connectivity index (χ0v) is 14.3. The second-order valence-corrected chi connectivity index (χ2v) is 6.49. The van der Waals surface area contributed by atoms with Gasteiger partial charge in [0.05, 0.1) is 29.5 Å². The molecule has 1 aliphatic rings. The van der Waals surface area contributed by atoms with E-state index in [1.807, 2.05) is 13.0 Å². The van der Waals surface area contributed by atoms with E-state index in [2.05, 4.69) is 0 Å². The number of hydrogen-bond acceptors (Lipinski definition) is 3. The van der Waals surface area contributed by atoms with Gasteiger partial charge in [-0.3, -0.25) is 14.9 Å². The summed E-state index contributed by atoms with van der Waals surface area (Å²) in [6, 6.07) is 9.79. The molecule has 2 aromatic carbocycles. The van der Waals surface area contributed by atoms with Crippen LogP contribution in [0.2, 0.25) is 10.0 Å². The van der Waals surface area contributed by atoms with E-state index >= 15 is 0 Å². The van der Waals surface area contributed by atoms with E-state index in [-0.39, 0.29) is 30.6 Å². The zero-order valence-electron chi connectivity index (χ0n) is 12.8. The van der Waals surface area contributed by atoms with Crippen LogP contribution in [0.5, 0.6) is 0 Å². The molecular weight excluding hydrogens is 351 g/mol. The molecule has 5 nitrogen and oxygen atoms in total. The molecule has 0 aliphatic carbocycles. The number of nitrogens with zero attached hydrogens (tertiary/aromatic N) is 2. The van der Waals surface area contributed by atoms with Crippen molar-refractivity contribution in [2.24, 2.45) is 0 Å². The average molecular weight is 365 g/mol. The fourth-order valence-electron chi connectivity index (χ4n) is 3.06. The standard InChI is InChI=1S/C17H14Cl2N2O3/c1-10-11-4-2-7-16(21(23)24)13(11)9-20(10)17(22)8-12-14(18)5-3-6-15(12)19/h2-7,10H,8-9H2,1H3. The molecule has 0 saturated heterocycles. The summed E-state index contributed by atoms with van der Waals surface area (Å²) in [5.74, 6) is -0.164. The summed E-state index contributed by atoms with van der Waals surface area (Å²) in [5.41, 5.74) is 2.02. The SMILES string of the molecule is CC1c2cccc([N+](=O)[O-])c2CN1C(=O)Cc1c(Cl)cccc1Cl. The fraction of sp³-hybridized carbons (Fsp3) is 0.235. The van der Waals surface area contributed by atoms with E-state index < -0.39 is 4.92 Å². The molecule has 0 saturated carbocycles. The van der Waals surface area contributed by atoms with E-state index in [1.165, 1.54) is 6.07 Å². The maximum Gasteiger partial charge on any atom is 0.274 e. The molecule has 7 heteroatoms. The Hall–Kier alpha value is -2.11. The van der Waals surface area contributed by atoms with Gasteiger partial charge in [-0.2, -0.15) is 0 Å². The summed E-state index contributed by atoms with van der Waals surface area (Å²) in [7, 11) is 0. The van der Waals surface area contributed by atoms with Gasteiger partial charge in [0.1, 0.15) is 0 Å². The maximum atomic E-state index is 12.7. The van der Waals surface area contributed by atoms with Crippen LogP contribution in [0.3, 0.4) is 0 Å². The van der Waals surface area contributed by atoms with Crippen LogP contribution in [0.25, 0.3) is 0 Å². The van der Waals surface area contributed by atoms with Gasteiger partial charge in [0.2, 0.25) is 5.91 Å². The second-order valence-electron chi connectivity index (χ2n) is 5.68. The summed E-state index contributed by atoms with van der Waals surface area (Å²) in [5, 5.41) is 12.1. The first-order chi connectivity index (χ1) is 11.4. The van der Waals surface area contributed by atoms with Crippen molar-refractivity contribution >= 4 is 34.8 Å². The maximum absolute atomic E-state index is 12.7. The Morgan fingerprint density at radius 1 is 1.25 bits per heavy atom. The lowest BCUT2D eigenvalue weighted by molar-refractivity contribution is -0.385. The first kappa shape index (κ1) is 16.7. The van der Waals surface area contributed by atoms with Crippen molar-refractivity contribution in [2.75, 3.05) is 0 Å². The Kier molecular flexibility index (Phi) is 4.47. The largest absolute Gasteiger partial charge is 0.331 e. The highest BCUT2D eigenvalue weighted by molar-refractivity contribution is 6.36. The van der Waals surface area contributed by atoms with Gasteiger partial charge in [-0.25, -0.2) is 0 Å². The fourth-order valence-corrected chi connectivity index (χ4v) is 3.59. The summed E-state index contributed by atoms with van der Waals surface area (Å²) in [6.07, 6.45) is 0.0602. The van der Waals surface area contributed by atoms with Crippen LogP contribution < -0.4 is 0 Å². The van der Waals surface area contributed by atoms with Crippen LogP contribution in [-0.2, 0) is 17.8 Å². The molecule has 0 radical (unpaired) electrons. The van der Waals surface area contributed by atoms with Crippen molar-refractivity contribution in [3.8, 4) is 0 Å².